The Morgan fingerprint density at radius 1 is 0.792 bits per heavy atom. The van der Waals surface area contributed by atoms with E-state index in [1.54, 1.807) is 18.2 Å². The zero-order valence-electron chi connectivity index (χ0n) is 14.4. The molecule has 0 aliphatic rings. The molecule has 5 heteroatoms. The number of carbonyl (C=O) groups is 1. The molecule has 1 aromatic rings. The van der Waals surface area contributed by atoms with Crippen LogP contribution in [0.1, 0.15) is 61.7 Å². The standard InChI is InChI=1S/C19H30O5/c20-11-5-1-3-7-13-23-18-10-9-17(16-22)19(15-18)24-14-8-4-2-6-12-21/h9-10,15-16,20-21H,1-8,11-14H2. The number of aliphatic hydroxyl groups is 2. The molecule has 0 atom stereocenters. The summed E-state index contributed by atoms with van der Waals surface area (Å²) in [5.41, 5.74) is 0.528. The molecule has 0 aromatic heterocycles. The second-order valence-corrected chi connectivity index (χ2v) is 5.79. The third-order valence-corrected chi connectivity index (χ3v) is 3.74. The molecule has 24 heavy (non-hydrogen) atoms. The van der Waals surface area contributed by atoms with Gasteiger partial charge in [0.25, 0.3) is 0 Å². The van der Waals surface area contributed by atoms with Crippen molar-refractivity contribution in [2.45, 2.75) is 51.4 Å². The smallest absolute Gasteiger partial charge is 0.153 e. The number of hydrogen-bond donors (Lipinski definition) is 2. The summed E-state index contributed by atoms with van der Waals surface area (Å²) in [6, 6.07) is 5.27. The molecule has 0 heterocycles. The lowest BCUT2D eigenvalue weighted by molar-refractivity contribution is 0.111. The predicted octanol–water partition coefficient (Wildman–Crippen LogP) is 3.36. The monoisotopic (exact) mass is 338 g/mol. The number of carbonyl (C=O) groups excluding carboxylic acids is 1. The summed E-state index contributed by atoms with van der Waals surface area (Å²) in [6.07, 6.45) is 8.32. The fraction of sp³-hybridized carbons (Fsp3) is 0.632. The fourth-order valence-electron chi connectivity index (χ4n) is 2.33. The van der Waals surface area contributed by atoms with Gasteiger partial charge in [0.1, 0.15) is 11.5 Å². The maximum atomic E-state index is 11.1. The zero-order valence-corrected chi connectivity index (χ0v) is 14.4. The van der Waals surface area contributed by atoms with Crippen molar-refractivity contribution in [3.8, 4) is 11.5 Å². The van der Waals surface area contributed by atoms with Gasteiger partial charge in [-0.3, -0.25) is 4.79 Å². The third-order valence-electron chi connectivity index (χ3n) is 3.74. The first-order chi connectivity index (χ1) is 11.8. The second-order valence-electron chi connectivity index (χ2n) is 5.79. The van der Waals surface area contributed by atoms with Crippen molar-refractivity contribution in [3.05, 3.63) is 23.8 Å². The van der Waals surface area contributed by atoms with Gasteiger partial charge < -0.3 is 19.7 Å². The number of unbranched alkanes of at least 4 members (excludes halogenated alkanes) is 6. The largest absolute Gasteiger partial charge is 0.493 e. The molecule has 2 N–H and O–H groups in total. The summed E-state index contributed by atoms with van der Waals surface area (Å²) in [4.78, 5) is 11.1. The van der Waals surface area contributed by atoms with Gasteiger partial charge in [0, 0.05) is 19.3 Å². The molecule has 0 unspecified atom stereocenters. The second kappa shape index (κ2) is 13.8. The minimum atomic E-state index is 0.232. The van der Waals surface area contributed by atoms with E-state index in [2.05, 4.69) is 0 Å². The summed E-state index contributed by atoms with van der Waals surface area (Å²) in [6.45, 7) is 1.65. The molecule has 0 fully saturated rings. The highest BCUT2D eigenvalue weighted by atomic mass is 16.5. The van der Waals surface area contributed by atoms with Crippen LogP contribution >= 0.6 is 0 Å². The van der Waals surface area contributed by atoms with Crippen molar-refractivity contribution in [1.82, 2.24) is 0 Å². The highest BCUT2D eigenvalue weighted by Gasteiger charge is 2.06. The molecule has 0 bridgehead atoms. The summed E-state index contributed by atoms with van der Waals surface area (Å²) in [5.74, 6) is 1.27. The van der Waals surface area contributed by atoms with Crippen LogP contribution in [0.3, 0.4) is 0 Å². The highest BCUT2D eigenvalue weighted by Crippen LogP contribution is 2.24. The van der Waals surface area contributed by atoms with E-state index in [1.807, 2.05) is 0 Å². The van der Waals surface area contributed by atoms with E-state index in [-0.39, 0.29) is 13.2 Å². The topological polar surface area (TPSA) is 76.0 Å². The average molecular weight is 338 g/mol. The molecule has 0 saturated heterocycles. The highest BCUT2D eigenvalue weighted by molar-refractivity contribution is 5.79. The number of aldehydes is 1. The Hall–Kier alpha value is -1.59. The predicted molar refractivity (Wildman–Crippen MR) is 93.9 cm³/mol. The molecule has 0 aliphatic carbocycles. The van der Waals surface area contributed by atoms with E-state index in [1.165, 1.54) is 0 Å². The number of rotatable bonds is 15. The van der Waals surface area contributed by atoms with Crippen LogP contribution in [0.5, 0.6) is 11.5 Å². The number of benzene rings is 1. The first-order valence-corrected chi connectivity index (χ1v) is 8.88. The summed E-state index contributed by atoms with van der Waals surface area (Å²) in [5, 5.41) is 17.5. The van der Waals surface area contributed by atoms with Crippen LogP contribution in [0.2, 0.25) is 0 Å². The van der Waals surface area contributed by atoms with Gasteiger partial charge in [-0.05, 0) is 50.7 Å². The van der Waals surface area contributed by atoms with Crippen LogP contribution < -0.4 is 9.47 Å². The first-order valence-electron chi connectivity index (χ1n) is 8.88. The summed E-state index contributed by atoms with van der Waals surface area (Å²) < 4.78 is 11.4. The van der Waals surface area contributed by atoms with E-state index < -0.39 is 0 Å². The SMILES string of the molecule is O=Cc1ccc(OCCCCCCO)cc1OCCCCCCO. The molecule has 0 aliphatic heterocycles. The number of ether oxygens (including phenoxy) is 2. The lowest BCUT2D eigenvalue weighted by Gasteiger charge is -2.11. The normalized spacial score (nSPS) is 10.6. The molecule has 5 nitrogen and oxygen atoms in total. The van der Waals surface area contributed by atoms with Gasteiger partial charge >= 0.3 is 0 Å². The minimum Gasteiger partial charge on any atom is -0.493 e. The number of hydrogen-bond acceptors (Lipinski definition) is 5. The van der Waals surface area contributed by atoms with Crippen LogP contribution in [-0.4, -0.2) is 42.9 Å². The van der Waals surface area contributed by atoms with Crippen molar-refractivity contribution in [2.75, 3.05) is 26.4 Å². The van der Waals surface area contributed by atoms with Crippen molar-refractivity contribution < 1.29 is 24.5 Å². The lowest BCUT2D eigenvalue weighted by atomic mass is 10.2. The van der Waals surface area contributed by atoms with Crippen LogP contribution in [0.4, 0.5) is 0 Å². The average Bonchev–Trinajstić information content (AvgIpc) is 2.61. The van der Waals surface area contributed by atoms with Crippen LogP contribution in [0, 0.1) is 0 Å². The molecule has 136 valence electrons. The maximum absolute atomic E-state index is 11.1. The van der Waals surface area contributed by atoms with Gasteiger partial charge in [0.05, 0.1) is 18.8 Å². The zero-order chi connectivity index (χ0) is 17.5. The Labute approximate surface area is 144 Å². The van der Waals surface area contributed by atoms with Gasteiger partial charge in [-0.1, -0.05) is 12.8 Å². The summed E-state index contributed by atoms with van der Waals surface area (Å²) in [7, 11) is 0. The van der Waals surface area contributed by atoms with Crippen LogP contribution in [-0.2, 0) is 0 Å². The van der Waals surface area contributed by atoms with Crippen molar-refractivity contribution in [3.63, 3.8) is 0 Å². The van der Waals surface area contributed by atoms with E-state index >= 15 is 0 Å². The first kappa shape index (κ1) is 20.5. The third kappa shape index (κ3) is 8.89. The van der Waals surface area contributed by atoms with E-state index in [0.717, 1.165) is 57.7 Å². The van der Waals surface area contributed by atoms with E-state index in [4.69, 9.17) is 19.7 Å². The minimum absolute atomic E-state index is 0.232. The van der Waals surface area contributed by atoms with Crippen molar-refractivity contribution in [2.24, 2.45) is 0 Å². The Kier molecular flexibility index (Phi) is 11.8. The van der Waals surface area contributed by atoms with Crippen molar-refractivity contribution >= 4 is 6.29 Å². The fourth-order valence-corrected chi connectivity index (χ4v) is 2.33. The molecule has 0 saturated carbocycles. The lowest BCUT2D eigenvalue weighted by Crippen LogP contribution is -2.02. The Bertz CT molecular complexity index is 447. The Morgan fingerprint density at radius 2 is 1.38 bits per heavy atom. The van der Waals surface area contributed by atoms with Gasteiger partial charge in [0.2, 0.25) is 0 Å². The summed E-state index contributed by atoms with van der Waals surface area (Å²) >= 11 is 0. The maximum Gasteiger partial charge on any atom is 0.153 e. The van der Waals surface area contributed by atoms with Crippen LogP contribution in [0.15, 0.2) is 18.2 Å². The van der Waals surface area contributed by atoms with Gasteiger partial charge in [0.15, 0.2) is 6.29 Å². The van der Waals surface area contributed by atoms with E-state index in [9.17, 15) is 4.79 Å². The van der Waals surface area contributed by atoms with Crippen LogP contribution in [0.25, 0.3) is 0 Å². The molecular formula is C19H30O5. The van der Waals surface area contributed by atoms with Crippen molar-refractivity contribution in [1.29, 1.82) is 0 Å². The van der Waals surface area contributed by atoms with Gasteiger partial charge in [-0.15, -0.1) is 0 Å². The quantitative estimate of drug-likeness (QED) is 0.379. The van der Waals surface area contributed by atoms with Gasteiger partial charge in [-0.25, -0.2) is 0 Å². The molecule has 1 rings (SSSR count). The molecule has 0 radical (unpaired) electrons. The Balaban J connectivity index is 2.36. The Morgan fingerprint density at radius 3 is 1.96 bits per heavy atom. The number of aliphatic hydroxyl groups excluding tert-OH is 2. The van der Waals surface area contributed by atoms with E-state index in [0.29, 0.717) is 30.3 Å². The van der Waals surface area contributed by atoms with Gasteiger partial charge in [-0.2, -0.15) is 0 Å². The molecule has 1 aromatic carbocycles. The molecule has 0 amide bonds. The molecule has 0 spiro atoms. The molecular weight excluding hydrogens is 308 g/mol.